The number of fused-ring (bicyclic) bond motifs is 8. The second-order valence-electron chi connectivity index (χ2n) is 16.6. The Hall–Kier alpha value is -6.64. The van der Waals surface area contributed by atoms with E-state index in [-0.39, 0.29) is 10.8 Å². The van der Waals surface area contributed by atoms with Gasteiger partial charge in [-0.1, -0.05) is 149 Å². The van der Waals surface area contributed by atoms with E-state index < -0.39 is 0 Å². The molecule has 0 saturated carbocycles. The maximum Gasteiger partial charge on any atom is 0.0544 e. The van der Waals surface area contributed by atoms with E-state index in [1.54, 1.807) is 0 Å². The van der Waals surface area contributed by atoms with E-state index >= 15 is 0 Å². The molecule has 10 aromatic rings. The van der Waals surface area contributed by atoms with Crippen molar-refractivity contribution in [3.63, 3.8) is 0 Å². The predicted molar refractivity (Wildman–Crippen MR) is 237 cm³/mol. The number of rotatable bonds is 4. The Bertz CT molecular complexity index is 3160. The van der Waals surface area contributed by atoms with Crippen LogP contribution in [0.2, 0.25) is 0 Å². The molecule has 1 aliphatic rings. The van der Waals surface area contributed by atoms with E-state index in [9.17, 15) is 0 Å². The molecule has 0 spiro atoms. The summed E-state index contributed by atoms with van der Waals surface area (Å²) in [5.41, 5.74) is 17.3. The number of hydrogen-bond acceptors (Lipinski definition) is 0. The van der Waals surface area contributed by atoms with Crippen molar-refractivity contribution in [2.45, 2.75) is 38.5 Å². The number of aromatic nitrogens is 2. The van der Waals surface area contributed by atoms with Gasteiger partial charge in [-0.2, -0.15) is 0 Å². The monoisotopic (exact) mass is 718 g/mol. The largest absolute Gasteiger partial charge is 0.309 e. The Morgan fingerprint density at radius 1 is 0.286 bits per heavy atom. The molecule has 0 radical (unpaired) electrons. The average molecular weight is 719 g/mol. The van der Waals surface area contributed by atoms with E-state index in [1.165, 1.54) is 99.5 Å². The standard InChI is InChI=1S/C54H42N2/c1-53(2)46-32-44-42-23-12-14-25-50(42)56(40-21-15-20-38(30-40)36-18-9-6-10-19-36)52(44)34-48(46)54(3,4)45-31-43-41-22-11-13-24-49(41)55(51(43)33-47(45)53)39-28-26-37(27-29-39)35-16-7-5-8-17-35/h5-34H,1-4H3. The van der Waals surface area contributed by atoms with Crippen LogP contribution in [0.15, 0.2) is 182 Å². The summed E-state index contributed by atoms with van der Waals surface area (Å²) < 4.78 is 4.95. The second-order valence-corrected chi connectivity index (χ2v) is 16.6. The van der Waals surface area contributed by atoms with Gasteiger partial charge >= 0.3 is 0 Å². The van der Waals surface area contributed by atoms with Gasteiger partial charge in [-0.15, -0.1) is 0 Å². The molecule has 2 nitrogen and oxygen atoms in total. The molecule has 2 heterocycles. The highest BCUT2D eigenvalue weighted by Crippen LogP contribution is 2.53. The van der Waals surface area contributed by atoms with Crippen LogP contribution >= 0.6 is 0 Å². The minimum Gasteiger partial charge on any atom is -0.309 e. The molecule has 268 valence electrons. The van der Waals surface area contributed by atoms with Crippen molar-refractivity contribution in [1.29, 1.82) is 0 Å². The lowest BCUT2D eigenvalue weighted by atomic mass is 9.59. The lowest BCUT2D eigenvalue weighted by Crippen LogP contribution is -2.36. The fourth-order valence-electron chi connectivity index (χ4n) is 9.83. The zero-order valence-electron chi connectivity index (χ0n) is 32.2. The first-order valence-corrected chi connectivity index (χ1v) is 19.8. The van der Waals surface area contributed by atoms with E-state index in [0.29, 0.717) is 0 Å². The van der Waals surface area contributed by atoms with E-state index in [0.717, 1.165) is 0 Å². The first kappa shape index (κ1) is 32.8. The van der Waals surface area contributed by atoms with Crippen LogP contribution in [-0.4, -0.2) is 9.13 Å². The van der Waals surface area contributed by atoms with Gasteiger partial charge in [-0.05, 0) is 105 Å². The fourth-order valence-corrected chi connectivity index (χ4v) is 9.83. The molecule has 2 aromatic heterocycles. The number of hydrogen-bond donors (Lipinski definition) is 0. The third-order valence-corrected chi connectivity index (χ3v) is 12.8. The third kappa shape index (κ3) is 4.69. The molecule has 11 rings (SSSR count). The van der Waals surface area contributed by atoms with Crippen LogP contribution in [0.3, 0.4) is 0 Å². The van der Waals surface area contributed by atoms with Crippen molar-refractivity contribution < 1.29 is 0 Å². The van der Waals surface area contributed by atoms with Crippen LogP contribution in [0.5, 0.6) is 0 Å². The van der Waals surface area contributed by atoms with E-state index in [4.69, 9.17) is 0 Å². The van der Waals surface area contributed by atoms with Gasteiger partial charge in [-0.3, -0.25) is 0 Å². The summed E-state index contributed by atoms with van der Waals surface area (Å²) in [5.74, 6) is 0. The summed E-state index contributed by atoms with van der Waals surface area (Å²) in [6.07, 6.45) is 0. The highest BCUT2D eigenvalue weighted by Gasteiger charge is 2.43. The molecule has 0 unspecified atom stereocenters. The van der Waals surface area contributed by atoms with Crippen molar-refractivity contribution >= 4 is 43.6 Å². The quantitative estimate of drug-likeness (QED) is 0.171. The van der Waals surface area contributed by atoms with Crippen LogP contribution in [-0.2, 0) is 10.8 Å². The van der Waals surface area contributed by atoms with Crippen molar-refractivity contribution in [2.75, 3.05) is 0 Å². The molecule has 0 N–H and O–H groups in total. The number of nitrogens with zero attached hydrogens (tertiary/aromatic N) is 2. The van der Waals surface area contributed by atoms with Crippen LogP contribution in [0, 0.1) is 0 Å². The molecule has 1 aliphatic carbocycles. The molecule has 8 aromatic carbocycles. The molecule has 2 heteroatoms. The van der Waals surface area contributed by atoms with Gasteiger partial charge in [0.05, 0.1) is 22.1 Å². The summed E-state index contributed by atoms with van der Waals surface area (Å²) in [4.78, 5) is 0. The number of benzene rings is 8. The van der Waals surface area contributed by atoms with E-state index in [2.05, 4.69) is 219 Å². The van der Waals surface area contributed by atoms with E-state index in [1.807, 2.05) is 0 Å². The summed E-state index contributed by atoms with van der Waals surface area (Å²) >= 11 is 0. The van der Waals surface area contributed by atoms with Crippen molar-refractivity contribution in [1.82, 2.24) is 9.13 Å². The summed E-state index contributed by atoms with van der Waals surface area (Å²) in [5, 5.41) is 5.16. The molecule has 56 heavy (non-hydrogen) atoms. The molecule has 0 aliphatic heterocycles. The predicted octanol–water partition coefficient (Wildman–Crippen LogP) is 14.2. The van der Waals surface area contributed by atoms with Crippen molar-refractivity contribution in [2.24, 2.45) is 0 Å². The molecule has 0 atom stereocenters. The first-order chi connectivity index (χ1) is 27.3. The lowest BCUT2D eigenvalue weighted by molar-refractivity contribution is 0.523. The number of para-hydroxylation sites is 2. The highest BCUT2D eigenvalue weighted by atomic mass is 15.0. The van der Waals surface area contributed by atoms with Crippen molar-refractivity contribution in [3.8, 4) is 33.6 Å². The molecule has 0 saturated heterocycles. The Balaban J connectivity index is 1.13. The average Bonchev–Trinajstić information content (AvgIpc) is 3.75. The highest BCUT2D eigenvalue weighted by molar-refractivity contribution is 6.12. The third-order valence-electron chi connectivity index (χ3n) is 12.8. The van der Waals surface area contributed by atoms with Crippen LogP contribution < -0.4 is 0 Å². The van der Waals surface area contributed by atoms with Gasteiger partial charge in [0.1, 0.15) is 0 Å². The minimum absolute atomic E-state index is 0.239. The molecular weight excluding hydrogens is 677 g/mol. The smallest absolute Gasteiger partial charge is 0.0544 e. The zero-order valence-corrected chi connectivity index (χ0v) is 32.2. The summed E-state index contributed by atoms with van der Waals surface area (Å²) in [6.45, 7) is 9.73. The Kier molecular flexibility index (Phi) is 6.98. The van der Waals surface area contributed by atoms with Gasteiger partial charge in [-0.25, -0.2) is 0 Å². The van der Waals surface area contributed by atoms with Gasteiger partial charge in [0.15, 0.2) is 0 Å². The fraction of sp³-hybridized carbons (Fsp3) is 0.111. The Morgan fingerprint density at radius 3 is 1.23 bits per heavy atom. The maximum atomic E-state index is 2.53. The molecule has 0 amide bonds. The molecule has 0 fully saturated rings. The van der Waals surface area contributed by atoms with Gasteiger partial charge in [0.25, 0.3) is 0 Å². The Labute approximate surface area is 327 Å². The van der Waals surface area contributed by atoms with Crippen LogP contribution in [0.25, 0.3) is 77.2 Å². The van der Waals surface area contributed by atoms with Gasteiger partial charge < -0.3 is 9.13 Å². The lowest BCUT2D eigenvalue weighted by Gasteiger charge is -2.44. The first-order valence-electron chi connectivity index (χ1n) is 19.8. The van der Waals surface area contributed by atoms with Gasteiger partial charge in [0, 0.05) is 43.7 Å². The molecular formula is C54H42N2. The van der Waals surface area contributed by atoms with Gasteiger partial charge in [0.2, 0.25) is 0 Å². The normalized spacial score (nSPS) is 14.4. The molecule has 0 bridgehead atoms. The van der Waals surface area contributed by atoms with Crippen LogP contribution in [0.1, 0.15) is 49.9 Å². The second kappa shape index (κ2) is 11.9. The summed E-state index contributed by atoms with van der Waals surface area (Å²) in [6, 6.07) is 67.3. The minimum atomic E-state index is -0.240. The maximum absolute atomic E-state index is 2.53. The zero-order chi connectivity index (χ0) is 37.8. The topological polar surface area (TPSA) is 9.86 Å². The Morgan fingerprint density at radius 2 is 0.696 bits per heavy atom. The summed E-state index contributed by atoms with van der Waals surface area (Å²) in [7, 11) is 0. The SMILES string of the molecule is CC1(C)c2cc3c4ccccc4n(-c4ccc(-c5ccccc5)cc4)c3cc2C(C)(C)c2cc3c4ccccc4n(-c4cccc(-c5ccccc5)c4)c3cc21. The van der Waals surface area contributed by atoms with Crippen molar-refractivity contribution in [3.05, 3.63) is 204 Å². The van der Waals surface area contributed by atoms with Crippen LogP contribution in [0.4, 0.5) is 0 Å².